The second kappa shape index (κ2) is 9.18. The SMILES string of the molecule is c1ccc(-n2c(-n3c4ccc5ccccc5c4c4ccc5c6ccccc6n(-c6ccccc6)c5c43)nc3ccccc32)cc1. The molecule has 10 aromatic rings. The minimum atomic E-state index is 0.870. The number of imidazole rings is 1. The fourth-order valence-electron chi connectivity index (χ4n) is 7.37. The van der Waals surface area contributed by atoms with Crippen LogP contribution in [0.4, 0.5) is 0 Å². The Morgan fingerprint density at radius 3 is 1.76 bits per heavy atom. The van der Waals surface area contributed by atoms with Crippen molar-refractivity contribution in [2.45, 2.75) is 0 Å². The summed E-state index contributed by atoms with van der Waals surface area (Å²) in [6, 6.07) is 56.4. The van der Waals surface area contributed by atoms with Crippen LogP contribution in [0.15, 0.2) is 158 Å². The van der Waals surface area contributed by atoms with E-state index in [1.807, 2.05) is 0 Å². The summed E-state index contributed by atoms with van der Waals surface area (Å²) in [5, 5.41) is 7.36. The zero-order valence-electron chi connectivity index (χ0n) is 24.3. The maximum atomic E-state index is 5.39. The summed E-state index contributed by atoms with van der Waals surface area (Å²) in [6.07, 6.45) is 0. The van der Waals surface area contributed by atoms with E-state index in [4.69, 9.17) is 4.98 Å². The molecule has 0 saturated heterocycles. The highest BCUT2D eigenvalue weighted by atomic mass is 15.3. The first-order valence-electron chi connectivity index (χ1n) is 15.3. The van der Waals surface area contributed by atoms with Crippen molar-refractivity contribution in [1.82, 2.24) is 18.7 Å². The molecule has 10 rings (SSSR count). The van der Waals surface area contributed by atoms with Crippen molar-refractivity contribution in [2.75, 3.05) is 0 Å². The van der Waals surface area contributed by atoms with E-state index in [2.05, 4.69) is 171 Å². The highest BCUT2D eigenvalue weighted by Crippen LogP contribution is 2.44. The molecule has 0 fully saturated rings. The van der Waals surface area contributed by atoms with Crippen LogP contribution in [-0.2, 0) is 0 Å². The molecule has 0 radical (unpaired) electrons. The summed E-state index contributed by atoms with van der Waals surface area (Å²) in [6.45, 7) is 0. The van der Waals surface area contributed by atoms with Gasteiger partial charge in [-0.25, -0.2) is 4.98 Å². The van der Waals surface area contributed by atoms with Crippen molar-refractivity contribution >= 4 is 65.4 Å². The van der Waals surface area contributed by atoms with Crippen molar-refractivity contribution in [3.63, 3.8) is 0 Å². The third kappa shape index (κ3) is 3.34. The zero-order chi connectivity index (χ0) is 29.5. The maximum absolute atomic E-state index is 5.39. The van der Waals surface area contributed by atoms with Crippen molar-refractivity contribution in [3.05, 3.63) is 158 Å². The summed E-state index contributed by atoms with van der Waals surface area (Å²) < 4.78 is 7.14. The van der Waals surface area contributed by atoms with Gasteiger partial charge in [0.05, 0.1) is 33.1 Å². The molecule has 0 N–H and O–H groups in total. The number of hydrogen-bond donors (Lipinski definition) is 0. The lowest BCUT2D eigenvalue weighted by atomic mass is 10.0. The van der Waals surface area contributed by atoms with E-state index in [-0.39, 0.29) is 0 Å². The van der Waals surface area contributed by atoms with Gasteiger partial charge in [0, 0.05) is 32.9 Å². The van der Waals surface area contributed by atoms with Crippen LogP contribution in [0.1, 0.15) is 0 Å². The Hall–Kier alpha value is -6.13. The lowest BCUT2D eigenvalue weighted by Crippen LogP contribution is -2.06. The Balaban J connectivity index is 1.51. The van der Waals surface area contributed by atoms with Gasteiger partial charge in [-0.1, -0.05) is 109 Å². The smallest absolute Gasteiger partial charge is 0.220 e. The second-order valence-corrected chi connectivity index (χ2v) is 11.6. The summed E-state index contributed by atoms with van der Waals surface area (Å²) in [5.41, 5.74) is 8.88. The number of fused-ring (bicyclic) bond motifs is 10. The van der Waals surface area contributed by atoms with Crippen LogP contribution in [0.2, 0.25) is 0 Å². The highest BCUT2D eigenvalue weighted by Gasteiger charge is 2.25. The van der Waals surface area contributed by atoms with Gasteiger partial charge in [-0.2, -0.15) is 0 Å². The average molecular weight is 575 g/mol. The van der Waals surface area contributed by atoms with Crippen LogP contribution in [0.5, 0.6) is 0 Å². The van der Waals surface area contributed by atoms with Gasteiger partial charge < -0.3 is 4.57 Å². The molecule has 45 heavy (non-hydrogen) atoms. The average Bonchev–Trinajstić information content (AvgIpc) is 3.76. The number of hydrogen-bond acceptors (Lipinski definition) is 1. The second-order valence-electron chi connectivity index (χ2n) is 11.6. The minimum Gasteiger partial charge on any atom is -0.307 e. The highest BCUT2D eigenvalue weighted by molar-refractivity contribution is 6.28. The molecule has 7 aromatic carbocycles. The van der Waals surface area contributed by atoms with Gasteiger partial charge in [0.2, 0.25) is 5.95 Å². The Labute approximate surface area is 258 Å². The molecule has 4 nitrogen and oxygen atoms in total. The molecule has 0 atom stereocenters. The third-order valence-corrected chi connectivity index (χ3v) is 9.22. The topological polar surface area (TPSA) is 27.7 Å². The summed E-state index contributed by atoms with van der Waals surface area (Å²) in [7, 11) is 0. The first-order chi connectivity index (χ1) is 22.4. The molecule has 0 amide bonds. The molecule has 0 bridgehead atoms. The van der Waals surface area contributed by atoms with Gasteiger partial charge >= 0.3 is 0 Å². The number of aromatic nitrogens is 4. The molecule has 3 heterocycles. The van der Waals surface area contributed by atoms with Crippen LogP contribution >= 0.6 is 0 Å². The summed E-state index contributed by atoms with van der Waals surface area (Å²) in [4.78, 5) is 5.39. The quantitative estimate of drug-likeness (QED) is 0.206. The van der Waals surface area contributed by atoms with Gasteiger partial charge in [0.1, 0.15) is 0 Å². The van der Waals surface area contributed by atoms with Crippen molar-refractivity contribution in [1.29, 1.82) is 0 Å². The Morgan fingerprint density at radius 2 is 0.956 bits per heavy atom. The van der Waals surface area contributed by atoms with E-state index >= 15 is 0 Å². The standard InChI is InChI=1S/C41H26N4/c1-3-14-28(15-4-1)43-35-21-11-9-19-31(35)32-24-25-33-38-30-18-8-7-13-27(30)23-26-37(38)45(40(33)39(32)43)41-42-34-20-10-12-22-36(34)44(41)29-16-5-2-6-17-29/h1-26H. The van der Waals surface area contributed by atoms with Crippen LogP contribution in [-0.4, -0.2) is 18.7 Å². The van der Waals surface area contributed by atoms with Crippen LogP contribution in [0.3, 0.4) is 0 Å². The zero-order valence-corrected chi connectivity index (χ0v) is 24.3. The number of nitrogens with zero attached hydrogens (tertiary/aromatic N) is 4. The predicted molar refractivity (Wildman–Crippen MR) is 187 cm³/mol. The molecule has 0 unspecified atom stereocenters. The minimum absolute atomic E-state index is 0.870. The number of para-hydroxylation sites is 5. The van der Waals surface area contributed by atoms with Gasteiger partial charge in [-0.15, -0.1) is 0 Å². The molecule has 210 valence electrons. The normalized spacial score (nSPS) is 12.0. The van der Waals surface area contributed by atoms with Gasteiger partial charge in [-0.05, 0) is 59.3 Å². The van der Waals surface area contributed by atoms with E-state index in [0.29, 0.717) is 0 Å². The third-order valence-electron chi connectivity index (χ3n) is 9.22. The fourth-order valence-corrected chi connectivity index (χ4v) is 7.37. The predicted octanol–water partition coefficient (Wildman–Crippen LogP) is 10.4. The lowest BCUT2D eigenvalue weighted by Gasteiger charge is -2.14. The Bertz CT molecular complexity index is 2750. The molecular formula is C41H26N4. The molecule has 4 heteroatoms. The van der Waals surface area contributed by atoms with E-state index in [1.54, 1.807) is 0 Å². The Morgan fingerprint density at radius 1 is 0.356 bits per heavy atom. The number of benzene rings is 7. The van der Waals surface area contributed by atoms with Crippen LogP contribution in [0, 0.1) is 0 Å². The molecule has 0 aliphatic rings. The largest absolute Gasteiger partial charge is 0.307 e. The molecule has 0 aliphatic carbocycles. The molecule has 0 aliphatic heterocycles. The lowest BCUT2D eigenvalue weighted by molar-refractivity contribution is 0.956. The van der Waals surface area contributed by atoms with E-state index in [0.717, 1.165) is 39.4 Å². The van der Waals surface area contributed by atoms with E-state index < -0.39 is 0 Å². The van der Waals surface area contributed by atoms with Crippen molar-refractivity contribution in [2.24, 2.45) is 0 Å². The van der Waals surface area contributed by atoms with Crippen molar-refractivity contribution in [3.8, 4) is 17.3 Å². The summed E-state index contributed by atoms with van der Waals surface area (Å²) in [5.74, 6) is 0.870. The van der Waals surface area contributed by atoms with Crippen LogP contribution < -0.4 is 0 Å². The molecular weight excluding hydrogens is 548 g/mol. The first-order valence-corrected chi connectivity index (χ1v) is 15.3. The molecule has 3 aromatic heterocycles. The van der Waals surface area contributed by atoms with Gasteiger partial charge in [-0.3, -0.25) is 9.13 Å². The monoisotopic (exact) mass is 574 g/mol. The molecule has 0 saturated carbocycles. The molecule has 0 spiro atoms. The van der Waals surface area contributed by atoms with E-state index in [1.165, 1.54) is 43.4 Å². The van der Waals surface area contributed by atoms with Crippen molar-refractivity contribution < 1.29 is 0 Å². The van der Waals surface area contributed by atoms with Crippen LogP contribution in [0.25, 0.3) is 82.7 Å². The maximum Gasteiger partial charge on any atom is 0.220 e. The number of rotatable bonds is 3. The van der Waals surface area contributed by atoms with Gasteiger partial charge in [0.25, 0.3) is 0 Å². The Kier molecular flexibility index (Phi) is 4.96. The summed E-state index contributed by atoms with van der Waals surface area (Å²) >= 11 is 0. The van der Waals surface area contributed by atoms with E-state index in [9.17, 15) is 0 Å². The van der Waals surface area contributed by atoms with Gasteiger partial charge in [0.15, 0.2) is 0 Å². The first kappa shape index (κ1) is 24.3. The fraction of sp³-hybridized carbons (Fsp3) is 0.